The van der Waals surface area contributed by atoms with E-state index in [9.17, 15) is 0 Å². The van der Waals surface area contributed by atoms with E-state index in [0.29, 0.717) is 5.92 Å². The van der Waals surface area contributed by atoms with Crippen molar-refractivity contribution in [2.45, 2.75) is 38.5 Å². The van der Waals surface area contributed by atoms with Crippen molar-refractivity contribution < 1.29 is 0 Å². The zero-order valence-electron chi connectivity index (χ0n) is 12.0. The fourth-order valence-electron chi connectivity index (χ4n) is 3.03. The molecule has 1 aromatic heterocycles. The predicted octanol–water partition coefficient (Wildman–Crippen LogP) is 4.29. The molecule has 0 unspecified atom stereocenters. The van der Waals surface area contributed by atoms with Crippen LogP contribution < -0.4 is 5.73 Å². The van der Waals surface area contributed by atoms with Gasteiger partial charge in [-0.3, -0.25) is 0 Å². The number of rotatable bonds is 2. The number of imidazole rings is 1. The molecule has 20 heavy (non-hydrogen) atoms. The van der Waals surface area contributed by atoms with Crippen LogP contribution in [0.15, 0.2) is 18.2 Å². The number of anilines is 1. The SMILES string of the molecule is Cc1ccc(-c2nc(C3CCCC3)n(C)c2N)cc1Cl. The van der Waals surface area contributed by atoms with Gasteiger partial charge in [-0.25, -0.2) is 4.98 Å². The second-order valence-corrected chi connectivity index (χ2v) is 6.12. The highest BCUT2D eigenvalue weighted by molar-refractivity contribution is 6.31. The molecule has 0 aliphatic heterocycles. The van der Waals surface area contributed by atoms with Crippen LogP contribution in [0.1, 0.15) is 43.0 Å². The second-order valence-electron chi connectivity index (χ2n) is 5.71. The molecular formula is C16H20ClN3. The smallest absolute Gasteiger partial charge is 0.131 e. The first kappa shape index (κ1) is 13.5. The number of nitrogens with zero attached hydrogens (tertiary/aromatic N) is 2. The molecule has 3 nitrogen and oxygen atoms in total. The minimum absolute atomic E-state index is 0.553. The normalized spacial score (nSPS) is 15.9. The van der Waals surface area contributed by atoms with E-state index in [0.717, 1.165) is 33.5 Å². The summed E-state index contributed by atoms with van der Waals surface area (Å²) in [6.07, 6.45) is 5.03. The Morgan fingerprint density at radius 3 is 2.65 bits per heavy atom. The van der Waals surface area contributed by atoms with Gasteiger partial charge in [0.25, 0.3) is 0 Å². The number of aromatic nitrogens is 2. The maximum Gasteiger partial charge on any atom is 0.131 e. The summed E-state index contributed by atoms with van der Waals surface area (Å²) in [5.74, 6) is 2.40. The van der Waals surface area contributed by atoms with Gasteiger partial charge in [-0.1, -0.05) is 36.6 Å². The summed E-state index contributed by atoms with van der Waals surface area (Å²) in [5, 5.41) is 0.759. The number of halogens is 1. The average molecular weight is 290 g/mol. The van der Waals surface area contributed by atoms with Gasteiger partial charge in [0.15, 0.2) is 0 Å². The van der Waals surface area contributed by atoms with Crippen LogP contribution in [-0.4, -0.2) is 9.55 Å². The minimum Gasteiger partial charge on any atom is -0.383 e. The molecule has 106 valence electrons. The van der Waals surface area contributed by atoms with Crippen molar-refractivity contribution in [3.63, 3.8) is 0 Å². The lowest BCUT2D eigenvalue weighted by Gasteiger charge is -2.08. The third-order valence-corrected chi connectivity index (χ3v) is 4.75. The first-order chi connectivity index (χ1) is 9.58. The first-order valence-electron chi connectivity index (χ1n) is 7.16. The van der Waals surface area contributed by atoms with Crippen LogP contribution in [0.4, 0.5) is 5.82 Å². The molecular weight excluding hydrogens is 270 g/mol. The van der Waals surface area contributed by atoms with Crippen molar-refractivity contribution in [3.8, 4) is 11.3 Å². The van der Waals surface area contributed by atoms with Crippen LogP contribution in [0.5, 0.6) is 0 Å². The maximum absolute atomic E-state index is 6.25. The van der Waals surface area contributed by atoms with Gasteiger partial charge < -0.3 is 10.3 Å². The fraction of sp³-hybridized carbons (Fsp3) is 0.438. The van der Waals surface area contributed by atoms with Crippen molar-refractivity contribution in [3.05, 3.63) is 34.6 Å². The molecule has 1 aliphatic carbocycles. The van der Waals surface area contributed by atoms with Crippen LogP contribution in [0, 0.1) is 6.92 Å². The maximum atomic E-state index is 6.25. The number of hydrogen-bond acceptors (Lipinski definition) is 2. The molecule has 1 aliphatic rings. The van der Waals surface area contributed by atoms with Crippen molar-refractivity contribution >= 4 is 17.4 Å². The van der Waals surface area contributed by atoms with E-state index in [-0.39, 0.29) is 0 Å². The number of nitrogen functional groups attached to an aromatic ring is 1. The van der Waals surface area contributed by atoms with Crippen LogP contribution in [-0.2, 0) is 7.05 Å². The summed E-state index contributed by atoms with van der Waals surface area (Å²) in [6, 6.07) is 6.01. The van der Waals surface area contributed by atoms with Crippen LogP contribution >= 0.6 is 11.6 Å². The molecule has 2 aromatic rings. The lowest BCUT2D eigenvalue weighted by molar-refractivity contribution is 0.635. The van der Waals surface area contributed by atoms with Gasteiger partial charge in [0, 0.05) is 23.6 Å². The molecule has 1 saturated carbocycles. The highest BCUT2D eigenvalue weighted by Crippen LogP contribution is 2.37. The van der Waals surface area contributed by atoms with E-state index in [1.165, 1.54) is 25.7 Å². The van der Waals surface area contributed by atoms with Gasteiger partial charge in [-0.15, -0.1) is 0 Å². The lowest BCUT2D eigenvalue weighted by atomic mass is 10.1. The molecule has 1 heterocycles. The van der Waals surface area contributed by atoms with Gasteiger partial charge in [-0.2, -0.15) is 0 Å². The van der Waals surface area contributed by atoms with Crippen molar-refractivity contribution in [2.24, 2.45) is 7.05 Å². The van der Waals surface area contributed by atoms with E-state index in [1.54, 1.807) is 0 Å². The molecule has 0 spiro atoms. The molecule has 3 rings (SSSR count). The zero-order chi connectivity index (χ0) is 14.3. The van der Waals surface area contributed by atoms with Gasteiger partial charge in [0.1, 0.15) is 17.3 Å². The average Bonchev–Trinajstić information content (AvgIpc) is 3.04. The standard InChI is InChI=1S/C16H20ClN3/c1-10-7-8-12(9-13(10)17)14-15(18)20(2)16(19-14)11-5-3-4-6-11/h7-9,11H,3-6,18H2,1-2H3. The monoisotopic (exact) mass is 289 g/mol. The third-order valence-electron chi connectivity index (χ3n) is 4.34. The summed E-state index contributed by atoms with van der Waals surface area (Å²) in [6.45, 7) is 2.00. The largest absolute Gasteiger partial charge is 0.383 e. The van der Waals surface area contributed by atoms with E-state index < -0.39 is 0 Å². The Hall–Kier alpha value is -1.48. The Balaban J connectivity index is 2.05. The Bertz CT molecular complexity index is 639. The molecule has 4 heteroatoms. The number of nitrogens with two attached hydrogens (primary N) is 1. The van der Waals surface area contributed by atoms with Gasteiger partial charge >= 0.3 is 0 Å². The minimum atomic E-state index is 0.553. The predicted molar refractivity (Wildman–Crippen MR) is 84.0 cm³/mol. The van der Waals surface area contributed by atoms with E-state index in [4.69, 9.17) is 22.3 Å². The van der Waals surface area contributed by atoms with Crippen LogP contribution in [0.2, 0.25) is 5.02 Å². The molecule has 0 saturated heterocycles. The zero-order valence-corrected chi connectivity index (χ0v) is 12.7. The van der Waals surface area contributed by atoms with E-state index >= 15 is 0 Å². The summed E-state index contributed by atoms with van der Waals surface area (Å²) in [5.41, 5.74) is 9.17. The Morgan fingerprint density at radius 2 is 2.00 bits per heavy atom. The van der Waals surface area contributed by atoms with Crippen molar-refractivity contribution in [1.29, 1.82) is 0 Å². The Labute approximate surface area is 124 Å². The summed E-state index contributed by atoms with van der Waals surface area (Å²) < 4.78 is 2.04. The summed E-state index contributed by atoms with van der Waals surface area (Å²) in [4.78, 5) is 4.81. The summed E-state index contributed by atoms with van der Waals surface area (Å²) >= 11 is 6.21. The topological polar surface area (TPSA) is 43.8 Å². The fourth-order valence-corrected chi connectivity index (χ4v) is 3.21. The van der Waals surface area contributed by atoms with Crippen molar-refractivity contribution in [2.75, 3.05) is 5.73 Å². The Kier molecular flexibility index (Phi) is 3.47. The highest BCUT2D eigenvalue weighted by atomic mass is 35.5. The second kappa shape index (κ2) is 5.13. The lowest BCUT2D eigenvalue weighted by Crippen LogP contribution is -2.05. The van der Waals surface area contributed by atoms with Gasteiger partial charge in [0.2, 0.25) is 0 Å². The number of benzene rings is 1. The Morgan fingerprint density at radius 1 is 1.30 bits per heavy atom. The molecule has 1 aromatic carbocycles. The van der Waals surface area contributed by atoms with Crippen LogP contribution in [0.25, 0.3) is 11.3 Å². The molecule has 0 bridgehead atoms. The third kappa shape index (κ3) is 2.20. The molecule has 2 N–H and O–H groups in total. The van der Waals surface area contributed by atoms with Crippen molar-refractivity contribution in [1.82, 2.24) is 9.55 Å². The van der Waals surface area contributed by atoms with Crippen LogP contribution in [0.3, 0.4) is 0 Å². The van der Waals surface area contributed by atoms with E-state index in [2.05, 4.69) is 0 Å². The van der Waals surface area contributed by atoms with E-state index in [1.807, 2.05) is 36.7 Å². The summed E-state index contributed by atoms with van der Waals surface area (Å²) in [7, 11) is 2.01. The quantitative estimate of drug-likeness (QED) is 0.896. The molecule has 0 atom stereocenters. The number of aryl methyl sites for hydroxylation is 1. The number of hydrogen-bond donors (Lipinski definition) is 1. The molecule has 0 amide bonds. The highest BCUT2D eigenvalue weighted by Gasteiger charge is 2.24. The van der Waals surface area contributed by atoms with Gasteiger partial charge in [0.05, 0.1) is 0 Å². The first-order valence-corrected chi connectivity index (χ1v) is 7.54. The molecule has 0 radical (unpaired) electrons. The molecule has 1 fully saturated rings. The van der Waals surface area contributed by atoms with Gasteiger partial charge in [-0.05, 0) is 31.4 Å².